The van der Waals surface area contributed by atoms with E-state index in [-0.39, 0.29) is 0 Å². The normalized spacial score (nSPS) is 15.3. The van der Waals surface area contributed by atoms with Crippen LogP contribution < -0.4 is 10.7 Å². The first kappa shape index (κ1) is 5.77. The fraction of sp³-hybridized carbons (Fsp3) is 0. The molecular weight excluding hydrogens is 152 g/mol. The molecule has 56 valence electrons. The maximum Gasteiger partial charge on any atom is 0.161 e. The van der Waals surface area contributed by atoms with Crippen molar-refractivity contribution in [3.05, 3.63) is 28.7 Å². The predicted octanol–water partition coefficient (Wildman–Crippen LogP) is 0.521. The lowest BCUT2D eigenvalue weighted by molar-refractivity contribution is 1.14. The molecule has 0 saturated carbocycles. The highest BCUT2D eigenvalue weighted by atomic mass is 15.1. The molecule has 0 N–H and O–H groups in total. The van der Waals surface area contributed by atoms with Crippen LogP contribution in [0, 0.1) is 0 Å². The highest BCUT2D eigenvalue weighted by molar-refractivity contribution is 5.66. The summed E-state index contributed by atoms with van der Waals surface area (Å²) in [6.45, 7) is 0. The smallest absolute Gasteiger partial charge is 0.161 e. The average molecular weight is 156 g/mol. The Kier molecular flexibility index (Phi) is 0.889. The van der Waals surface area contributed by atoms with Gasteiger partial charge in [0.05, 0.1) is 6.20 Å². The van der Waals surface area contributed by atoms with Gasteiger partial charge >= 0.3 is 0 Å². The van der Waals surface area contributed by atoms with Gasteiger partial charge in [-0.05, 0) is 6.08 Å². The summed E-state index contributed by atoms with van der Waals surface area (Å²) in [6, 6.07) is 0. The lowest BCUT2D eigenvalue weighted by Crippen LogP contribution is -2.14. The van der Waals surface area contributed by atoms with Crippen LogP contribution in [0.2, 0.25) is 0 Å². The zero-order valence-corrected chi connectivity index (χ0v) is 6.10. The minimum Gasteiger partial charge on any atom is -0.237 e. The fourth-order valence-corrected chi connectivity index (χ4v) is 1.32. The van der Waals surface area contributed by atoms with Crippen LogP contribution in [0.25, 0.3) is 12.3 Å². The van der Waals surface area contributed by atoms with Crippen LogP contribution in [0.15, 0.2) is 27.6 Å². The van der Waals surface area contributed by atoms with Crippen LogP contribution in [-0.4, -0.2) is 4.98 Å². The molecule has 3 rings (SSSR count). The van der Waals surface area contributed by atoms with Gasteiger partial charge in [0.1, 0.15) is 5.69 Å². The van der Waals surface area contributed by atoms with Gasteiger partial charge in [0.15, 0.2) is 5.49 Å². The Labute approximate surface area is 67.7 Å². The van der Waals surface area contributed by atoms with E-state index in [1.165, 1.54) is 0 Å². The number of aromatic nitrogens is 1. The minimum absolute atomic E-state index is 0.739. The maximum atomic E-state index is 4.15. The third-order valence-corrected chi connectivity index (χ3v) is 1.89. The molecule has 0 radical (unpaired) electrons. The number of fused-ring (bicyclic) bond motifs is 3. The fourth-order valence-electron chi connectivity index (χ4n) is 1.32. The molecule has 0 atom stereocenters. The summed E-state index contributed by atoms with van der Waals surface area (Å²) in [5, 5.41) is 8.77. The monoisotopic (exact) mass is 156 g/mol. The van der Waals surface area contributed by atoms with Crippen molar-refractivity contribution in [3.8, 4) is 0 Å². The maximum absolute atomic E-state index is 4.15. The summed E-state index contributed by atoms with van der Waals surface area (Å²) in [4.78, 5) is 8.22. The van der Waals surface area contributed by atoms with Gasteiger partial charge in [-0.3, -0.25) is 0 Å². The van der Waals surface area contributed by atoms with E-state index in [4.69, 9.17) is 0 Å². The summed E-state index contributed by atoms with van der Waals surface area (Å²) in [7, 11) is 0. The third kappa shape index (κ3) is 0.567. The first-order valence-corrected chi connectivity index (χ1v) is 3.59. The first-order valence-electron chi connectivity index (χ1n) is 3.59. The Bertz CT molecular complexity index is 476. The second-order valence-corrected chi connectivity index (χ2v) is 2.59. The molecular formula is C8H4N4. The van der Waals surface area contributed by atoms with E-state index in [1.807, 2.05) is 6.08 Å². The van der Waals surface area contributed by atoms with E-state index in [1.54, 1.807) is 18.6 Å². The Morgan fingerprint density at radius 3 is 3.25 bits per heavy atom. The number of azo groups is 1. The van der Waals surface area contributed by atoms with Crippen LogP contribution in [0.1, 0.15) is 5.56 Å². The minimum atomic E-state index is 0.739. The highest BCUT2D eigenvalue weighted by Crippen LogP contribution is 2.17. The molecule has 4 nitrogen and oxygen atoms in total. The number of pyridine rings is 1. The number of hydrogen-bond acceptors (Lipinski definition) is 4. The van der Waals surface area contributed by atoms with Gasteiger partial charge in [-0.25, -0.2) is 9.98 Å². The van der Waals surface area contributed by atoms with Crippen LogP contribution >= 0.6 is 0 Å². The van der Waals surface area contributed by atoms with Crippen molar-refractivity contribution < 1.29 is 0 Å². The van der Waals surface area contributed by atoms with Crippen LogP contribution in [0.3, 0.4) is 0 Å². The van der Waals surface area contributed by atoms with Crippen molar-refractivity contribution in [1.82, 2.24) is 4.98 Å². The topological polar surface area (TPSA) is 50.0 Å². The lowest BCUT2D eigenvalue weighted by Gasteiger charge is -1.92. The molecule has 1 aromatic heterocycles. The Hall–Kier alpha value is -1.84. The molecule has 0 saturated heterocycles. The van der Waals surface area contributed by atoms with Crippen molar-refractivity contribution in [1.29, 1.82) is 0 Å². The van der Waals surface area contributed by atoms with Crippen molar-refractivity contribution >= 4 is 18.0 Å². The van der Waals surface area contributed by atoms with Crippen molar-refractivity contribution in [2.45, 2.75) is 0 Å². The van der Waals surface area contributed by atoms with E-state index >= 15 is 0 Å². The molecule has 0 fully saturated rings. The molecule has 0 unspecified atom stereocenters. The Balaban J connectivity index is 2.57. The summed E-state index contributed by atoms with van der Waals surface area (Å²) >= 11 is 0. The van der Waals surface area contributed by atoms with Gasteiger partial charge in [0.25, 0.3) is 0 Å². The van der Waals surface area contributed by atoms with Gasteiger partial charge in [-0.1, -0.05) is 0 Å². The second kappa shape index (κ2) is 1.85. The van der Waals surface area contributed by atoms with Crippen molar-refractivity contribution in [3.63, 3.8) is 0 Å². The van der Waals surface area contributed by atoms with Gasteiger partial charge < -0.3 is 0 Å². The molecule has 2 aliphatic rings. The van der Waals surface area contributed by atoms with Crippen LogP contribution in [0.4, 0.5) is 5.69 Å². The van der Waals surface area contributed by atoms with Crippen molar-refractivity contribution in [2.24, 2.45) is 15.2 Å². The van der Waals surface area contributed by atoms with E-state index in [9.17, 15) is 0 Å². The number of hydrogen-bond donors (Lipinski definition) is 0. The van der Waals surface area contributed by atoms with E-state index in [0.29, 0.717) is 0 Å². The average Bonchev–Trinajstić information content (AvgIpc) is 2.71. The Morgan fingerprint density at radius 1 is 1.25 bits per heavy atom. The van der Waals surface area contributed by atoms with Gasteiger partial charge in [0.2, 0.25) is 0 Å². The van der Waals surface area contributed by atoms with E-state index in [0.717, 1.165) is 22.0 Å². The lowest BCUT2D eigenvalue weighted by atomic mass is 10.2. The molecule has 1 aromatic rings. The third-order valence-electron chi connectivity index (χ3n) is 1.89. The van der Waals surface area contributed by atoms with E-state index < -0.39 is 0 Å². The number of nitrogens with zero attached hydrogens (tertiary/aromatic N) is 4. The zero-order valence-electron chi connectivity index (χ0n) is 6.10. The van der Waals surface area contributed by atoms with Crippen molar-refractivity contribution in [2.75, 3.05) is 0 Å². The molecule has 3 heterocycles. The molecule has 4 heteroatoms. The van der Waals surface area contributed by atoms with Gasteiger partial charge in [0, 0.05) is 23.2 Å². The predicted molar refractivity (Wildman–Crippen MR) is 43.0 cm³/mol. The molecule has 2 aliphatic heterocycles. The van der Waals surface area contributed by atoms with Crippen LogP contribution in [-0.2, 0) is 0 Å². The molecule has 12 heavy (non-hydrogen) atoms. The second-order valence-electron chi connectivity index (χ2n) is 2.59. The molecule has 0 bridgehead atoms. The Morgan fingerprint density at radius 2 is 2.25 bits per heavy atom. The zero-order chi connectivity index (χ0) is 7.97. The highest BCUT2D eigenvalue weighted by Gasteiger charge is 2.10. The summed E-state index contributed by atoms with van der Waals surface area (Å²) in [6.07, 6.45) is 7.07. The van der Waals surface area contributed by atoms with Gasteiger partial charge in [-0.15, -0.1) is 5.11 Å². The number of rotatable bonds is 0. The molecule has 0 aromatic carbocycles. The molecule has 0 aliphatic carbocycles. The van der Waals surface area contributed by atoms with Gasteiger partial charge in [-0.2, -0.15) is 5.11 Å². The standard InChI is InChI=1S/C8H4N4/c1-2-9-8-6(1)7-5(3-10-8)4-11-12-7/h1-4H. The summed E-state index contributed by atoms with van der Waals surface area (Å²) in [5.41, 5.74) is 2.60. The first-order chi connectivity index (χ1) is 5.95. The quantitative estimate of drug-likeness (QED) is 0.540. The summed E-state index contributed by atoms with van der Waals surface area (Å²) < 4.78 is 0. The summed E-state index contributed by atoms with van der Waals surface area (Å²) in [5.74, 6) is 0. The van der Waals surface area contributed by atoms with Crippen LogP contribution in [0.5, 0.6) is 0 Å². The molecule has 0 amide bonds. The largest absolute Gasteiger partial charge is 0.237 e. The SMILES string of the molecule is C1=Cc2c3c(cnc2=N1)=CN=N3. The van der Waals surface area contributed by atoms with E-state index in [2.05, 4.69) is 20.2 Å². The molecule has 0 spiro atoms.